The van der Waals surface area contributed by atoms with Crippen LogP contribution in [0.5, 0.6) is 0 Å². The standard InChI is InChI=1S/C13H13FN4O/c1-18(10-5-2-4-9(14)8-10)12-7-3-6-11(16-12)13(15)17-19/h2-8,19H,1H3,(H2,15,17). The second-order valence-electron chi connectivity index (χ2n) is 3.91. The monoisotopic (exact) mass is 260 g/mol. The van der Waals surface area contributed by atoms with Crippen molar-refractivity contribution in [3.8, 4) is 0 Å². The van der Waals surface area contributed by atoms with Gasteiger partial charge in [-0.1, -0.05) is 17.3 Å². The average molecular weight is 260 g/mol. The summed E-state index contributed by atoms with van der Waals surface area (Å²) in [4.78, 5) is 5.94. The minimum Gasteiger partial charge on any atom is -0.409 e. The maximum atomic E-state index is 13.2. The fourth-order valence-corrected chi connectivity index (χ4v) is 1.62. The van der Waals surface area contributed by atoms with E-state index in [9.17, 15) is 4.39 Å². The van der Waals surface area contributed by atoms with Crippen LogP contribution in [0.3, 0.4) is 0 Å². The van der Waals surface area contributed by atoms with E-state index < -0.39 is 0 Å². The highest BCUT2D eigenvalue weighted by Crippen LogP contribution is 2.22. The number of nitrogens with two attached hydrogens (primary N) is 1. The number of nitrogens with zero attached hydrogens (tertiary/aromatic N) is 3. The van der Waals surface area contributed by atoms with E-state index >= 15 is 0 Å². The predicted octanol–water partition coefficient (Wildman–Crippen LogP) is 2.08. The van der Waals surface area contributed by atoms with Crippen LogP contribution in [0, 0.1) is 5.82 Å². The quantitative estimate of drug-likeness (QED) is 0.383. The molecule has 98 valence electrons. The summed E-state index contributed by atoms with van der Waals surface area (Å²) in [5, 5.41) is 11.5. The van der Waals surface area contributed by atoms with Crippen LogP contribution in [0.25, 0.3) is 0 Å². The first-order chi connectivity index (χ1) is 9.11. The Morgan fingerprint density at radius 3 is 2.74 bits per heavy atom. The summed E-state index contributed by atoms with van der Waals surface area (Å²) in [5.74, 6) is 0.168. The smallest absolute Gasteiger partial charge is 0.188 e. The minimum absolute atomic E-state index is 0.0745. The maximum Gasteiger partial charge on any atom is 0.188 e. The molecule has 5 nitrogen and oxygen atoms in total. The second-order valence-corrected chi connectivity index (χ2v) is 3.91. The van der Waals surface area contributed by atoms with Gasteiger partial charge in [0.15, 0.2) is 5.84 Å². The highest BCUT2D eigenvalue weighted by atomic mass is 19.1. The Hall–Kier alpha value is -2.63. The molecule has 0 aliphatic heterocycles. The zero-order valence-electron chi connectivity index (χ0n) is 10.3. The zero-order valence-corrected chi connectivity index (χ0v) is 10.3. The average Bonchev–Trinajstić information content (AvgIpc) is 2.45. The van der Waals surface area contributed by atoms with Gasteiger partial charge in [0.05, 0.1) is 0 Å². The molecule has 0 aliphatic rings. The van der Waals surface area contributed by atoms with Gasteiger partial charge < -0.3 is 15.8 Å². The van der Waals surface area contributed by atoms with Gasteiger partial charge in [-0.2, -0.15) is 0 Å². The molecule has 0 unspecified atom stereocenters. The van der Waals surface area contributed by atoms with Crippen LogP contribution in [0.4, 0.5) is 15.9 Å². The van der Waals surface area contributed by atoms with Gasteiger partial charge in [-0.05, 0) is 30.3 Å². The van der Waals surface area contributed by atoms with Gasteiger partial charge in [-0.25, -0.2) is 9.37 Å². The number of halogens is 1. The molecule has 3 N–H and O–H groups in total. The summed E-state index contributed by atoms with van der Waals surface area (Å²) in [6.45, 7) is 0. The lowest BCUT2D eigenvalue weighted by molar-refractivity contribution is 0.318. The van der Waals surface area contributed by atoms with Crippen LogP contribution in [0.15, 0.2) is 47.6 Å². The second kappa shape index (κ2) is 5.34. The van der Waals surface area contributed by atoms with E-state index in [4.69, 9.17) is 10.9 Å². The Kier molecular flexibility index (Phi) is 3.61. The molecule has 0 aliphatic carbocycles. The Bertz CT molecular complexity index is 615. The van der Waals surface area contributed by atoms with Gasteiger partial charge in [0, 0.05) is 12.7 Å². The first-order valence-electron chi connectivity index (χ1n) is 5.56. The highest BCUT2D eigenvalue weighted by molar-refractivity contribution is 5.95. The summed E-state index contributed by atoms with van der Waals surface area (Å²) in [5.41, 5.74) is 6.49. The Balaban J connectivity index is 2.36. The van der Waals surface area contributed by atoms with Crippen LogP contribution in [-0.2, 0) is 0 Å². The van der Waals surface area contributed by atoms with Gasteiger partial charge in [-0.3, -0.25) is 0 Å². The lowest BCUT2D eigenvalue weighted by Crippen LogP contribution is -2.18. The molecular formula is C13H13FN4O. The molecule has 0 amide bonds. The van der Waals surface area contributed by atoms with Crippen LogP contribution in [-0.4, -0.2) is 23.1 Å². The van der Waals surface area contributed by atoms with E-state index in [1.54, 1.807) is 42.3 Å². The largest absolute Gasteiger partial charge is 0.409 e. The summed E-state index contributed by atoms with van der Waals surface area (Å²) in [6.07, 6.45) is 0. The fourth-order valence-electron chi connectivity index (χ4n) is 1.62. The number of benzene rings is 1. The van der Waals surface area contributed by atoms with Crippen molar-refractivity contribution in [1.82, 2.24) is 4.98 Å². The Morgan fingerprint density at radius 2 is 2.05 bits per heavy atom. The predicted molar refractivity (Wildman–Crippen MR) is 71.2 cm³/mol. The van der Waals surface area contributed by atoms with Crippen molar-refractivity contribution < 1.29 is 9.60 Å². The molecule has 1 aromatic carbocycles. The van der Waals surface area contributed by atoms with Gasteiger partial charge in [0.1, 0.15) is 17.3 Å². The van der Waals surface area contributed by atoms with Crippen molar-refractivity contribution in [3.63, 3.8) is 0 Å². The molecule has 6 heteroatoms. The highest BCUT2D eigenvalue weighted by Gasteiger charge is 2.08. The number of rotatable bonds is 3. The number of hydrogen-bond acceptors (Lipinski definition) is 4. The van der Waals surface area contributed by atoms with Crippen molar-refractivity contribution in [1.29, 1.82) is 0 Å². The molecule has 0 saturated carbocycles. The molecule has 2 aromatic rings. The molecule has 0 radical (unpaired) electrons. The van der Waals surface area contributed by atoms with E-state index in [-0.39, 0.29) is 11.7 Å². The van der Waals surface area contributed by atoms with E-state index in [1.807, 2.05) is 0 Å². The Morgan fingerprint density at radius 1 is 1.32 bits per heavy atom. The summed E-state index contributed by atoms with van der Waals surface area (Å²) in [7, 11) is 1.76. The normalized spacial score (nSPS) is 11.4. The lowest BCUT2D eigenvalue weighted by Gasteiger charge is -2.18. The first-order valence-corrected chi connectivity index (χ1v) is 5.56. The molecular weight excluding hydrogens is 247 g/mol. The number of amidine groups is 1. The molecule has 2 rings (SSSR count). The third-order valence-corrected chi connectivity index (χ3v) is 2.64. The van der Waals surface area contributed by atoms with Crippen molar-refractivity contribution in [3.05, 3.63) is 54.0 Å². The van der Waals surface area contributed by atoms with Crippen molar-refractivity contribution in [2.75, 3.05) is 11.9 Å². The first kappa shape index (κ1) is 12.8. The minimum atomic E-state index is -0.322. The number of aromatic nitrogens is 1. The molecule has 0 bridgehead atoms. The van der Waals surface area contributed by atoms with Crippen LogP contribution >= 0.6 is 0 Å². The van der Waals surface area contributed by atoms with Crippen LogP contribution in [0.2, 0.25) is 0 Å². The molecule has 19 heavy (non-hydrogen) atoms. The van der Waals surface area contributed by atoms with Crippen LogP contribution in [0.1, 0.15) is 5.69 Å². The van der Waals surface area contributed by atoms with E-state index in [0.717, 1.165) is 0 Å². The molecule has 0 atom stereocenters. The fraction of sp³-hybridized carbons (Fsp3) is 0.0769. The number of hydrogen-bond donors (Lipinski definition) is 2. The molecule has 0 fully saturated rings. The maximum absolute atomic E-state index is 13.2. The topological polar surface area (TPSA) is 74.7 Å². The van der Waals surface area contributed by atoms with Gasteiger partial charge in [0.25, 0.3) is 0 Å². The molecule has 1 aromatic heterocycles. The van der Waals surface area contributed by atoms with Gasteiger partial charge >= 0.3 is 0 Å². The van der Waals surface area contributed by atoms with Crippen LogP contribution < -0.4 is 10.6 Å². The van der Waals surface area contributed by atoms with E-state index in [0.29, 0.717) is 17.2 Å². The van der Waals surface area contributed by atoms with Crippen molar-refractivity contribution in [2.24, 2.45) is 10.9 Å². The van der Waals surface area contributed by atoms with E-state index in [2.05, 4.69) is 10.1 Å². The Labute approximate surface area is 109 Å². The van der Waals surface area contributed by atoms with Crippen molar-refractivity contribution in [2.45, 2.75) is 0 Å². The molecule has 1 heterocycles. The van der Waals surface area contributed by atoms with Gasteiger partial charge in [-0.15, -0.1) is 0 Å². The van der Waals surface area contributed by atoms with E-state index in [1.165, 1.54) is 12.1 Å². The number of anilines is 2. The summed E-state index contributed by atoms with van der Waals surface area (Å²) in [6, 6.07) is 11.3. The molecule has 0 saturated heterocycles. The SMILES string of the molecule is CN(c1cccc(F)c1)c1cccc(C(N)=NO)n1. The summed E-state index contributed by atoms with van der Waals surface area (Å²) < 4.78 is 13.2. The zero-order chi connectivity index (χ0) is 13.8. The van der Waals surface area contributed by atoms with Gasteiger partial charge in [0.2, 0.25) is 0 Å². The summed E-state index contributed by atoms with van der Waals surface area (Å²) >= 11 is 0. The third-order valence-electron chi connectivity index (χ3n) is 2.64. The lowest BCUT2D eigenvalue weighted by atomic mass is 10.2. The third kappa shape index (κ3) is 2.79. The number of oxime groups is 1. The molecule has 0 spiro atoms. The number of pyridine rings is 1. The van der Waals surface area contributed by atoms with Crippen molar-refractivity contribution >= 4 is 17.3 Å².